The molecule has 0 N–H and O–H groups in total. The van der Waals surface area contributed by atoms with E-state index in [0.29, 0.717) is 19.6 Å². The van der Waals surface area contributed by atoms with Crippen LogP contribution in [0.3, 0.4) is 0 Å². The van der Waals surface area contributed by atoms with Gasteiger partial charge in [-0.25, -0.2) is 8.42 Å². The van der Waals surface area contributed by atoms with Crippen molar-refractivity contribution in [3.63, 3.8) is 0 Å². The van der Waals surface area contributed by atoms with Crippen LogP contribution in [0.4, 0.5) is 0 Å². The molecule has 1 aliphatic rings. The number of benzene rings is 1. The quantitative estimate of drug-likeness (QED) is 0.838. The molecule has 1 aromatic rings. The Bertz CT molecular complexity index is 499. The topological polar surface area (TPSA) is 46.6 Å². The molecule has 1 fully saturated rings. The number of hydroxylamine groups is 1. The summed E-state index contributed by atoms with van der Waals surface area (Å²) >= 11 is 9.12. The molecule has 0 amide bonds. The van der Waals surface area contributed by atoms with Crippen LogP contribution in [-0.4, -0.2) is 26.0 Å². The minimum absolute atomic E-state index is 0.0688. The summed E-state index contributed by atoms with van der Waals surface area (Å²) in [7, 11) is -3.63. The van der Waals surface area contributed by atoms with Crippen LogP contribution >= 0.6 is 27.5 Å². The van der Waals surface area contributed by atoms with Gasteiger partial charge in [-0.05, 0) is 24.6 Å². The maximum Gasteiger partial charge on any atom is 0.266 e. The van der Waals surface area contributed by atoms with Gasteiger partial charge in [-0.3, -0.25) is 4.84 Å². The SMILES string of the molecule is O=S(=O)(c1ccc(Br)cc1Cl)N1CCCO1. The lowest BCUT2D eigenvalue weighted by molar-refractivity contribution is -0.0284. The average molecular weight is 327 g/mol. The number of sulfonamides is 1. The molecule has 0 radical (unpaired) electrons. The predicted octanol–water partition coefficient (Wildman–Crippen LogP) is 2.43. The van der Waals surface area contributed by atoms with E-state index >= 15 is 0 Å². The van der Waals surface area contributed by atoms with Gasteiger partial charge in [0.15, 0.2) is 0 Å². The highest BCUT2D eigenvalue weighted by Crippen LogP contribution is 2.28. The second-order valence-corrected chi connectivity index (χ2v) is 6.41. The summed E-state index contributed by atoms with van der Waals surface area (Å²) in [4.78, 5) is 5.10. The summed E-state index contributed by atoms with van der Waals surface area (Å²) in [6, 6.07) is 4.64. The van der Waals surface area contributed by atoms with Crippen molar-refractivity contribution in [1.82, 2.24) is 4.47 Å². The lowest BCUT2D eigenvalue weighted by Crippen LogP contribution is -2.27. The largest absolute Gasteiger partial charge is 0.284 e. The van der Waals surface area contributed by atoms with Gasteiger partial charge in [0.05, 0.1) is 11.6 Å². The number of hydrogen-bond acceptors (Lipinski definition) is 3. The van der Waals surface area contributed by atoms with Gasteiger partial charge in [-0.15, -0.1) is 0 Å². The van der Waals surface area contributed by atoms with Crippen molar-refractivity contribution in [2.45, 2.75) is 11.3 Å². The lowest BCUT2D eigenvalue weighted by atomic mass is 10.4. The number of nitrogens with zero attached hydrogens (tertiary/aromatic N) is 1. The fourth-order valence-corrected chi connectivity index (χ4v) is 3.72. The minimum Gasteiger partial charge on any atom is -0.284 e. The van der Waals surface area contributed by atoms with Gasteiger partial charge in [-0.2, -0.15) is 0 Å². The van der Waals surface area contributed by atoms with Crippen molar-refractivity contribution in [2.24, 2.45) is 0 Å². The summed E-state index contributed by atoms with van der Waals surface area (Å²) in [5, 5.41) is 0.185. The first-order valence-corrected chi connectivity index (χ1v) is 7.23. The number of rotatable bonds is 2. The van der Waals surface area contributed by atoms with Crippen LogP contribution < -0.4 is 0 Å². The molecular weight excluding hydrogens is 318 g/mol. The Morgan fingerprint density at radius 2 is 2.19 bits per heavy atom. The zero-order chi connectivity index (χ0) is 11.8. The van der Waals surface area contributed by atoms with E-state index in [-0.39, 0.29) is 9.92 Å². The fraction of sp³-hybridized carbons (Fsp3) is 0.333. The predicted molar refractivity (Wildman–Crippen MR) is 63.6 cm³/mol. The van der Waals surface area contributed by atoms with Gasteiger partial charge in [0.1, 0.15) is 4.90 Å². The van der Waals surface area contributed by atoms with Crippen LogP contribution in [0.2, 0.25) is 5.02 Å². The molecule has 2 rings (SSSR count). The Morgan fingerprint density at radius 3 is 2.75 bits per heavy atom. The molecule has 0 saturated carbocycles. The molecule has 0 spiro atoms. The van der Waals surface area contributed by atoms with E-state index in [0.717, 1.165) is 8.94 Å². The van der Waals surface area contributed by atoms with Gasteiger partial charge in [0.25, 0.3) is 10.0 Å². The molecule has 0 atom stereocenters. The van der Waals surface area contributed by atoms with E-state index in [4.69, 9.17) is 16.4 Å². The Hall–Kier alpha value is -0.140. The fourth-order valence-electron chi connectivity index (χ4n) is 1.41. The van der Waals surface area contributed by atoms with Gasteiger partial charge in [0, 0.05) is 11.0 Å². The molecule has 0 bridgehead atoms. The molecule has 16 heavy (non-hydrogen) atoms. The van der Waals surface area contributed by atoms with E-state index in [1.54, 1.807) is 12.1 Å². The molecule has 7 heteroatoms. The van der Waals surface area contributed by atoms with Crippen molar-refractivity contribution in [3.05, 3.63) is 27.7 Å². The van der Waals surface area contributed by atoms with Crippen LogP contribution in [0, 0.1) is 0 Å². The van der Waals surface area contributed by atoms with E-state index in [9.17, 15) is 8.42 Å². The molecule has 1 heterocycles. The standard InChI is InChI=1S/C9H9BrClNO3S/c10-7-2-3-9(8(11)6-7)16(13,14)12-4-1-5-15-12/h2-3,6H,1,4-5H2. The van der Waals surface area contributed by atoms with E-state index in [2.05, 4.69) is 15.9 Å². The van der Waals surface area contributed by atoms with Crippen molar-refractivity contribution in [2.75, 3.05) is 13.2 Å². The summed E-state index contributed by atoms with van der Waals surface area (Å²) in [5.41, 5.74) is 0. The normalized spacial score (nSPS) is 17.9. The van der Waals surface area contributed by atoms with E-state index in [1.165, 1.54) is 6.07 Å². The van der Waals surface area contributed by atoms with Gasteiger partial charge < -0.3 is 0 Å². The van der Waals surface area contributed by atoms with Crippen molar-refractivity contribution in [3.8, 4) is 0 Å². The summed E-state index contributed by atoms with van der Waals surface area (Å²) in [5.74, 6) is 0. The molecule has 4 nitrogen and oxygen atoms in total. The third-order valence-corrected chi connectivity index (χ3v) is 4.81. The van der Waals surface area contributed by atoms with E-state index < -0.39 is 10.0 Å². The first kappa shape index (κ1) is 12.3. The molecule has 0 aliphatic carbocycles. The van der Waals surface area contributed by atoms with Gasteiger partial charge in [-0.1, -0.05) is 32.0 Å². The zero-order valence-electron chi connectivity index (χ0n) is 8.19. The van der Waals surface area contributed by atoms with Gasteiger partial charge in [0.2, 0.25) is 0 Å². The van der Waals surface area contributed by atoms with Crippen LogP contribution in [0.1, 0.15) is 6.42 Å². The molecular formula is C9H9BrClNO3S. The van der Waals surface area contributed by atoms with Crippen LogP contribution in [-0.2, 0) is 14.9 Å². The molecule has 0 unspecified atom stereocenters. The van der Waals surface area contributed by atoms with Crippen molar-refractivity contribution >= 4 is 37.6 Å². The molecule has 1 saturated heterocycles. The highest BCUT2D eigenvalue weighted by molar-refractivity contribution is 9.10. The Balaban J connectivity index is 2.42. The Kier molecular flexibility index (Phi) is 3.56. The number of hydrogen-bond donors (Lipinski definition) is 0. The highest BCUT2D eigenvalue weighted by atomic mass is 79.9. The summed E-state index contributed by atoms with van der Waals surface area (Å²) in [6.45, 7) is 0.794. The van der Waals surface area contributed by atoms with Crippen molar-refractivity contribution < 1.29 is 13.3 Å². The molecule has 1 aliphatic heterocycles. The molecule has 0 aromatic heterocycles. The summed E-state index contributed by atoms with van der Waals surface area (Å²) in [6.07, 6.45) is 0.702. The second kappa shape index (κ2) is 4.62. The van der Waals surface area contributed by atoms with Gasteiger partial charge >= 0.3 is 0 Å². The lowest BCUT2D eigenvalue weighted by Gasteiger charge is -2.15. The third kappa shape index (κ3) is 2.26. The Labute approximate surface area is 107 Å². The monoisotopic (exact) mass is 325 g/mol. The third-order valence-electron chi connectivity index (χ3n) is 2.16. The van der Waals surface area contributed by atoms with Crippen molar-refractivity contribution in [1.29, 1.82) is 0 Å². The molecule has 88 valence electrons. The smallest absolute Gasteiger partial charge is 0.266 e. The molecule has 1 aromatic carbocycles. The maximum atomic E-state index is 12.1. The van der Waals surface area contributed by atoms with Crippen LogP contribution in [0.15, 0.2) is 27.6 Å². The second-order valence-electron chi connectivity index (χ2n) is 3.29. The average Bonchev–Trinajstić information content (AvgIpc) is 2.69. The van der Waals surface area contributed by atoms with Crippen LogP contribution in [0.5, 0.6) is 0 Å². The van der Waals surface area contributed by atoms with E-state index in [1.807, 2.05) is 0 Å². The first-order valence-electron chi connectivity index (χ1n) is 4.62. The summed E-state index contributed by atoms with van der Waals surface area (Å²) < 4.78 is 25.9. The zero-order valence-corrected chi connectivity index (χ0v) is 11.3. The van der Waals surface area contributed by atoms with Crippen LogP contribution in [0.25, 0.3) is 0 Å². The minimum atomic E-state index is -3.63. The first-order chi connectivity index (χ1) is 7.51. The maximum absolute atomic E-state index is 12.1. The highest BCUT2D eigenvalue weighted by Gasteiger charge is 2.30. The number of halogens is 2. The Morgan fingerprint density at radius 1 is 1.44 bits per heavy atom.